The molecule has 1 aromatic heterocycles. The van der Waals surface area contributed by atoms with Gasteiger partial charge in [0.05, 0.1) is 18.8 Å². The van der Waals surface area contributed by atoms with Crippen molar-refractivity contribution in [2.24, 2.45) is 10.9 Å². The lowest BCUT2D eigenvalue weighted by Crippen LogP contribution is -2.47. The van der Waals surface area contributed by atoms with E-state index in [2.05, 4.69) is 22.1 Å². The third kappa shape index (κ3) is 6.69. The van der Waals surface area contributed by atoms with Gasteiger partial charge >= 0.3 is 0 Å². The van der Waals surface area contributed by atoms with Gasteiger partial charge in [-0.1, -0.05) is 12.8 Å². The van der Waals surface area contributed by atoms with E-state index in [1.54, 1.807) is 12.4 Å². The van der Waals surface area contributed by atoms with Gasteiger partial charge < -0.3 is 19.7 Å². The zero-order valence-electron chi connectivity index (χ0n) is 16.6. The van der Waals surface area contributed by atoms with Crippen molar-refractivity contribution in [3.8, 4) is 5.75 Å². The first kappa shape index (κ1) is 19.9. The van der Waals surface area contributed by atoms with Crippen LogP contribution in [0.3, 0.4) is 0 Å². The highest BCUT2D eigenvalue weighted by Gasteiger charge is 2.23. The van der Waals surface area contributed by atoms with Crippen LogP contribution in [0.2, 0.25) is 0 Å². The molecule has 2 fully saturated rings. The maximum Gasteiger partial charge on any atom is 0.194 e. The molecule has 0 bridgehead atoms. The highest BCUT2D eigenvalue weighted by Crippen LogP contribution is 2.26. The summed E-state index contributed by atoms with van der Waals surface area (Å²) >= 11 is 0. The lowest BCUT2D eigenvalue weighted by atomic mass is 10.1. The summed E-state index contributed by atoms with van der Waals surface area (Å²) in [5.41, 5.74) is 0. The van der Waals surface area contributed by atoms with Crippen LogP contribution in [-0.4, -0.2) is 61.3 Å². The minimum absolute atomic E-state index is 0.415. The van der Waals surface area contributed by atoms with E-state index in [1.807, 2.05) is 12.1 Å². The van der Waals surface area contributed by atoms with E-state index in [0.717, 1.165) is 56.7 Å². The van der Waals surface area contributed by atoms with Crippen molar-refractivity contribution in [3.63, 3.8) is 0 Å². The Morgan fingerprint density at radius 2 is 2.07 bits per heavy atom. The van der Waals surface area contributed by atoms with Crippen LogP contribution >= 0.6 is 0 Å². The molecule has 0 amide bonds. The van der Waals surface area contributed by atoms with Crippen molar-refractivity contribution < 1.29 is 9.47 Å². The Morgan fingerprint density at radius 1 is 1.26 bits per heavy atom. The van der Waals surface area contributed by atoms with Gasteiger partial charge in [-0.25, -0.2) is 4.99 Å². The van der Waals surface area contributed by atoms with Gasteiger partial charge in [0.1, 0.15) is 12.4 Å². The van der Waals surface area contributed by atoms with Crippen LogP contribution in [0, 0.1) is 5.92 Å². The minimum atomic E-state index is 0.415. The van der Waals surface area contributed by atoms with Crippen LogP contribution in [0.5, 0.6) is 5.75 Å². The topological polar surface area (TPSA) is 59.0 Å². The molecule has 1 saturated carbocycles. The van der Waals surface area contributed by atoms with Crippen molar-refractivity contribution in [2.45, 2.75) is 51.6 Å². The largest absolute Gasteiger partial charge is 0.490 e. The lowest BCUT2D eigenvalue weighted by molar-refractivity contribution is 0.00101. The van der Waals surface area contributed by atoms with Crippen LogP contribution in [0.1, 0.15) is 45.4 Å². The number of nitrogens with zero attached hydrogens (tertiary/aromatic N) is 3. The van der Waals surface area contributed by atoms with Gasteiger partial charge in [0, 0.05) is 32.4 Å². The molecular formula is C21H34N4O2. The highest BCUT2D eigenvalue weighted by molar-refractivity contribution is 5.80. The number of piperidine rings is 1. The Labute approximate surface area is 163 Å². The molecule has 3 rings (SSSR count). The molecule has 6 nitrogen and oxygen atoms in total. The Hall–Kier alpha value is -1.82. The molecule has 2 aliphatic rings. The van der Waals surface area contributed by atoms with Crippen molar-refractivity contribution in [2.75, 3.05) is 39.4 Å². The summed E-state index contributed by atoms with van der Waals surface area (Å²) in [6.45, 7) is 7.15. The summed E-state index contributed by atoms with van der Waals surface area (Å²) in [6.07, 6.45) is 11.6. The molecule has 150 valence electrons. The quantitative estimate of drug-likeness (QED) is 0.430. The zero-order valence-corrected chi connectivity index (χ0v) is 16.6. The predicted octanol–water partition coefficient (Wildman–Crippen LogP) is 3.10. The maximum absolute atomic E-state index is 6.19. The fraction of sp³-hybridized carbons (Fsp3) is 0.714. The summed E-state index contributed by atoms with van der Waals surface area (Å²) in [6, 6.07) is 3.79. The molecule has 0 spiro atoms. The molecule has 1 N–H and O–H groups in total. The number of rotatable bonds is 8. The number of aromatic nitrogens is 1. The average Bonchev–Trinajstić information content (AvgIpc) is 3.24. The first-order valence-corrected chi connectivity index (χ1v) is 10.5. The van der Waals surface area contributed by atoms with E-state index in [-0.39, 0.29) is 0 Å². The first-order valence-electron chi connectivity index (χ1n) is 10.5. The molecule has 27 heavy (non-hydrogen) atoms. The first-order chi connectivity index (χ1) is 13.3. The maximum atomic E-state index is 6.19. The van der Waals surface area contributed by atoms with Gasteiger partial charge in [-0.15, -0.1) is 0 Å². The standard InChI is InChI=1S/C21H34N4O2/c1-2-23-21(24-12-15-26-20-8-5-11-22-16-20)25-13-9-19(10-14-25)27-17-18-6-3-4-7-18/h5,8,11,16,18-19H,2-4,6-7,9-10,12-15,17H2,1H3,(H,23,24). The van der Waals surface area contributed by atoms with E-state index < -0.39 is 0 Å². The van der Waals surface area contributed by atoms with Gasteiger partial charge in [0.25, 0.3) is 0 Å². The highest BCUT2D eigenvalue weighted by atomic mass is 16.5. The average molecular weight is 375 g/mol. The minimum Gasteiger partial charge on any atom is -0.490 e. The second-order valence-electron chi connectivity index (χ2n) is 7.44. The SMILES string of the molecule is CCNC(=NCCOc1cccnc1)N1CCC(OCC2CCCC2)CC1. The number of nitrogens with one attached hydrogen (secondary N) is 1. The van der Waals surface area contributed by atoms with E-state index in [4.69, 9.17) is 14.5 Å². The van der Waals surface area contributed by atoms with Gasteiger partial charge in [-0.2, -0.15) is 0 Å². The molecule has 1 aliphatic heterocycles. The summed E-state index contributed by atoms with van der Waals surface area (Å²) in [7, 11) is 0. The van der Waals surface area contributed by atoms with Gasteiger partial charge in [0.15, 0.2) is 5.96 Å². The molecule has 2 heterocycles. The molecular weight excluding hydrogens is 340 g/mol. The van der Waals surface area contributed by atoms with E-state index in [0.29, 0.717) is 19.3 Å². The fourth-order valence-electron chi connectivity index (χ4n) is 3.86. The van der Waals surface area contributed by atoms with Gasteiger partial charge in [0.2, 0.25) is 0 Å². The van der Waals surface area contributed by atoms with Crippen molar-refractivity contribution in [1.29, 1.82) is 0 Å². The van der Waals surface area contributed by atoms with Crippen LogP contribution in [0.15, 0.2) is 29.5 Å². The Bertz CT molecular complexity index is 553. The second-order valence-corrected chi connectivity index (χ2v) is 7.44. The number of pyridine rings is 1. The third-order valence-corrected chi connectivity index (χ3v) is 5.37. The Kier molecular flexibility index (Phi) is 8.21. The van der Waals surface area contributed by atoms with E-state index in [1.165, 1.54) is 25.7 Å². The lowest BCUT2D eigenvalue weighted by Gasteiger charge is -2.34. The van der Waals surface area contributed by atoms with Crippen molar-refractivity contribution in [1.82, 2.24) is 15.2 Å². The monoisotopic (exact) mass is 374 g/mol. The summed E-state index contributed by atoms with van der Waals surface area (Å²) < 4.78 is 11.9. The number of likely N-dealkylation sites (tertiary alicyclic amines) is 1. The summed E-state index contributed by atoms with van der Waals surface area (Å²) in [5, 5.41) is 3.41. The fourth-order valence-corrected chi connectivity index (χ4v) is 3.86. The smallest absolute Gasteiger partial charge is 0.194 e. The van der Waals surface area contributed by atoms with E-state index in [9.17, 15) is 0 Å². The third-order valence-electron chi connectivity index (χ3n) is 5.37. The molecule has 0 unspecified atom stereocenters. The van der Waals surface area contributed by atoms with Crippen LogP contribution in [0.25, 0.3) is 0 Å². The Balaban J connectivity index is 1.38. The molecule has 1 aromatic rings. The molecule has 6 heteroatoms. The predicted molar refractivity (Wildman–Crippen MR) is 108 cm³/mol. The number of guanidine groups is 1. The number of hydrogen-bond donors (Lipinski definition) is 1. The molecule has 0 atom stereocenters. The van der Waals surface area contributed by atoms with Gasteiger partial charge in [-0.3, -0.25) is 4.98 Å². The molecule has 1 aliphatic carbocycles. The normalized spacial score (nSPS) is 19.4. The van der Waals surface area contributed by atoms with Gasteiger partial charge in [-0.05, 0) is 50.7 Å². The van der Waals surface area contributed by atoms with Crippen molar-refractivity contribution in [3.05, 3.63) is 24.5 Å². The second kappa shape index (κ2) is 11.1. The number of ether oxygens (including phenoxy) is 2. The Morgan fingerprint density at radius 3 is 2.78 bits per heavy atom. The van der Waals surface area contributed by atoms with Crippen LogP contribution in [0.4, 0.5) is 0 Å². The van der Waals surface area contributed by atoms with E-state index >= 15 is 0 Å². The summed E-state index contributed by atoms with van der Waals surface area (Å²) in [4.78, 5) is 11.1. The van der Waals surface area contributed by atoms with Crippen LogP contribution in [-0.2, 0) is 4.74 Å². The van der Waals surface area contributed by atoms with Crippen molar-refractivity contribution >= 4 is 5.96 Å². The molecule has 0 radical (unpaired) electrons. The molecule has 0 aromatic carbocycles. The van der Waals surface area contributed by atoms with Crippen LogP contribution < -0.4 is 10.1 Å². The number of hydrogen-bond acceptors (Lipinski definition) is 4. The molecule has 1 saturated heterocycles. The summed E-state index contributed by atoms with van der Waals surface area (Å²) in [5.74, 6) is 2.58. The number of aliphatic imine (C=N–C) groups is 1. The zero-order chi connectivity index (χ0) is 18.7.